The molecule has 0 aliphatic rings. The molecule has 0 aliphatic heterocycles. The van der Waals surface area contributed by atoms with Crippen LogP contribution in [0.3, 0.4) is 0 Å². The predicted octanol–water partition coefficient (Wildman–Crippen LogP) is 3.79. The van der Waals surface area contributed by atoms with Gasteiger partial charge in [0.15, 0.2) is 0 Å². The first-order chi connectivity index (χ1) is 7.04. The van der Waals surface area contributed by atoms with E-state index in [4.69, 9.17) is 0 Å². The molecule has 1 N–H and O–H groups in total. The summed E-state index contributed by atoms with van der Waals surface area (Å²) >= 11 is 0. The maximum absolute atomic E-state index is 9.30. The summed E-state index contributed by atoms with van der Waals surface area (Å²) in [4.78, 5) is 2.39. The van der Waals surface area contributed by atoms with Gasteiger partial charge in [-0.2, -0.15) is 0 Å². The average Bonchev–Trinajstić information content (AvgIpc) is 2.20. The molecule has 1 unspecified atom stereocenters. The van der Waals surface area contributed by atoms with E-state index < -0.39 is 0 Å². The van der Waals surface area contributed by atoms with Crippen molar-refractivity contribution < 1.29 is 5.11 Å². The van der Waals surface area contributed by atoms with E-state index in [1.165, 1.54) is 0 Å². The molecule has 0 saturated heterocycles. The summed E-state index contributed by atoms with van der Waals surface area (Å²) < 4.78 is 0. The number of nitrogens with zero attached hydrogens (tertiary/aromatic N) is 1. The Morgan fingerprint density at radius 1 is 1.06 bits per heavy atom. The predicted molar refractivity (Wildman–Crippen MR) is 75.9 cm³/mol. The van der Waals surface area contributed by atoms with Gasteiger partial charge in [0.1, 0.15) is 0 Å². The largest absolute Gasteiger partial charge is 0.395 e. The quantitative estimate of drug-likeness (QED) is 0.754. The van der Waals surface area contributed by atoms with E-state index >= 15 is 0 Å². The Hall–Kier alpha value is -0.0800. The lowest BCUT2D eigenvalue weighted by atomic mass is 10.0. The second-order valence-electron chi connectivity index (χ2n) is 4.33. The van der Waals surface area contributed by atoms with Crippen molar-refractivity contribution in [3.8, 4) is 0 Å². The van der Waals surface area contributed by atoms with E-state index in [1.54, 1.807) is 0 Å². The van der Waals surface area contributed by atoms with Gasteiger partial charge in [0.2, 0.25) is 0 Å². The number of hydrogen-bond acceptors (Lipinski definition) is 2. The molecule has 0 bridgehead atoms. The lowest BCUT2D eigenvalue weighted by Gasteiger charge is -2.36. The van der Waals surface area contributed by atoms with Crippen LogP contribution in [-0.2, 0) is 0 Å². The molecule has 2 nitrogen and oxygen atoms in total. The van der Waals surface area contributed by atoms with Crippen molar-refractivity contribution in [2.75, 3.05) is 13.2 Å². The Morgan fingerprint density at radius 2 is 1.50 bits per heavy atom. The topological polar surface area (TPSA) is 23.5 Å². The van der Waals surface area contributed by atoms with Gasteiger partial charge in [0.05, 0.1) is 6.61 Å². The molecule has 0 aromatic rings. The summed E-state index contributed by atoms with van der Waals surface area (Å²) in [7, 11) is 0. The molecule has 102 valence electrons. The molecule has 0 amide bonds. The first-order valence-corrected chi connectivity index (χ1v) is 6.41. The van der Waals surface area contributed by atoms with Crippen LogP contribution in [0.4, 0.5) is 0 Å². The van der Waals surface area contributed by atoms with Crippen molar-refractivity contribution in [3.05, 3.63) is 0 Å². The van der Waals surface area contributed by atoms with Crippen molar-refractivity contribution in [1.29, 1.82) is 0 Å². The Morgan fingerprint density at radius 3 is 1.69 bits per heavy atom. The summed E-state index contributed by atoms with van der Waals surface area (Å²) in [5.74, 6) is 0.527. The fraction of sp³-hybridized carbons (Fsp3) is 1.00. The first-order valence-electron chi connectivity index (χ1n) is 6.41. The summed E-state index contributed by atoms with van der Waals surface area (Å²) in [5.41, 5.74) is 0. The zero-order valence-corrected chi connectivity index (χ0v) is 11.7. The van der Waals surface area contributed by atoms with E-state index in [2.05, 4.69) is 39.5 Å². The molecule has 0 aromatic carbocycles. The highest BCUT2D eigenvalue weighted by molar-refractivity contribution is 4.76. The molecule has 1 atom stereocenters. The van der Waals surface area contributed by atoms with Crippen LogP contribution in [0.25, 0.3) is 0 Å². The van der Waals surface area contributed by atoms with Crippen LogP contribution in [0.15, 0.2) is 0 Å². The molecule has 2 heteroatoms. The van der Waals surface area contributed by atoms with Crippen LogP contribution in [-0.4, -0.2) is 35.2 Å². The second kappa shape index (κ2) is 13.0. The van der Waals surface area contributed by atoms with Gasteiger partial charge in [-0.3, -0.25) is 4.90 Å². The van der Waals surface area contributed by atoms with Crippen molar-refractivity contribution in [1.82, 2.24) is 4.90 Å². The van der Waals surface area contributed by atoms with E-state index in [1.807, 2.05) is 13.8 Å². The van der Waals surface area contributed by atoms with Crippen LogP contribution >= 0.6 is 0 Å². The van der Waals surface area contributed by atoms with Gasteiger partial charge in [0, 0.05) is 12.1 Å². The Bertz CT molecular complexity index is 124. The SMILES string of the molecule is C.CC.CCCN(C(C)C)C(CO)C(C)C. The van der Waals surface area contributed by atoms with Crippen LogP contribution < -0.4 is 0 Å². The summed E-state index contributed by atoms with van der Waals surface area (Å²) in [6, 6.07) is 0.847. The number of aliphatic hydroxyl groups is 1. The molecule has 16 heavy (non-hydrogen) atoms. The molecule has 0 saturated carbocycles. The van der Waals surface area contributed by atoms with Gasteiger partial charge >= 0.3 is 0 Å². The summed E-state index contributed by atoms with van der Waals surface area (Å²) in [5, 5.41) is 9.30. The lowest BCUT2D eigenvalue weighted by molar-refractivity contribution is 0.0665. The molecule has 0 fully saturated rings. The Balaban J connectivity index is -0.000000529. The smallest absolute Gasteiger partial charge is 0.0589 e. The van der Waals surface area contributed by atoms with Gasteiger partial charge in [-0.1, -0.05) is 42.0 Å². The third kappa shape index (κ3) is 8.12. The second-order valence-corrected chi connectivity index (χ2v) is 4.33. The molecule has 0 spiro atoms. The molecule has 0 aliphatic carbocycles. The average molecular weight is 233 g/mol. The van der Waals surface area contributed by atoms with Crippen molar-refractivity contribution in [2.24, 2.45) is 5.92 Å². The third-order valence-electron chi connectivity index (χ3n) is 2.53. The highest BCUT2D eigenvalue weighted by Crippen LogP contribution is 2.14. The zero-order chi connectivity index (χ0) is 12.4. The van der Waals surface area contributed by atoms with Gasteiger partial charge in [-0.25, -0.2) is 0 Å². The lowest BCUT2D eigenvalue weighted by Crippen LogP contribution is -2.46. The van der Waals surface area contributed by atoms with E-state index in [-0.39, 0.29) is 14.0 Å². The van der Waals surface area contributed by atoms with Crippen LogP contribution in [0.2, 0.25) is 0 Å². The maximum Gasteiger partial charge on any atom is 0.0589 e. The minimum absolute atomic E-state index is 0. The highest BCUT2D eigenvalue weighted by Gasteiger charge is 2.22. The van der Waals surface area contributed by atoms with E-state index in [9.17, 15) is 5.11 Å². The van der Waals surface area contributed by atoms with Gasteiger partial charge in [-0.15, -0.1) is 0 Å². The van der Waals surface area contributed by atoms with Crippen molar-refractivity contribution in [2.45, 2.75) is 74.4 Å². The maximum atomic E-state index is 9.30. The highest BCUT2D eigenvalue weighted by atomic mass is 16.3. The minimum Gasteiger partial charge on any atom is -0.395 e. The monoisotopic (exact) mass is 233 g/mol. The standard InChI is InChI=1S/C11H25NO.C2H6.CH4/c1-6-7-12(10(4)5)11(8-13)9(2)3;1-2;/h9-11,13H,6-8H2,1-5H3;1-2H3;1H4. The van der Waals surface area contributed by atoms with Gasteiger partial charge in [0.25, 0.3) is 0 Å². The molecule has 0 radical (unpaired) electrons. The van der Waals surface area contributed by atoms with E-state index in [0.29, 0.717) is 18.0 Å². The van der Waals surface area contributed by atoms with Crippen LogP contribution in [0.1, 0.15) is 62.3 Å². The van der Waals surface area contributed by atoms with Gasteiger partial charge < -0.3 is 5.11 Å². The summed E-state index contributed by atoms with van der Waals surface area (Å²) in [6.45, 7) is 16.3. The van der Waals surface area contributed by atoms with Gasteiger partial charge in [-0.05, 0) is 32.7 Å². The molecule has 0 heterocycles. The van der Waals surface area contributed by atoms with Crippen molar-refractivity contribution in [3.63, 3.8) is 0 Å². The Labute approximate surface area is 104 Å². The molecular formula is C14H35NO. The number of rotatable bonds is 6. The molecular weight excluding hydrogens is 198 g/mol. The minimum atomic E-state index is 0. The fourth-order valence-electron chi connectivity index (χ4n) is 1.76. The third-order valence-corrected chi connectivity index (χ3v) is 2.53. The Kier molecular flexibility index (Phi) is 17.2. The van der Waals surface area contributed by atoms with E-state index in [0.717, 1.165) is 13.0 Å². The number of hydrogen-bond donors (Lipinski definition) is 1. The van der Waals surface area contributed by atoms with Crippen molar-refractivity contribution >= 4 is 0 Å². The zero-order valence-electron chi connectivity index (χ0n) is 11.7. The molecule has 0 rings (SSSR count). The summed E-state index contributed by atoms with van der Waals surface area (Å²) in [6.07, 6.45) is 1.15. The normalized spacial score (nSPS) is 12.2. The van der Waals surface area contributed by atoms with Crippen LogP contribution in [0, 0.1) is 5.92 Å². The van der Waals surface area contributed by atoms with Crippen LogP contribution in [0.5, 0.6) is 0 Å². The molecule has 0 aromatic heterocycles. The first kappa shape index (κ1) is 21.2. The number of aliphatic hydroxyl groups excluding tert-OH is 1. The fourth-order valence-corrected chi connectivity index (χ4v) is 1.76.